The first kappa shape index (κ1) is 20.6. The van der Waals surface area contributed by atoms with Crippen LogP contribution in [0.4, 0.5) is 11.4 Å². The standard InChI is InChI=1S/C16H16ClN3O6S/c1-19(2)27(24,25)18-13-8-10(5-7-14(13)20(22)23)16(21)11-4-6-12(17)15(9-11)26-3/h4-9,18H,1-3H3. The zero-order valence-corrected chi connectivity index (χ0v) is 16.2. The molecule has 2 rings (SSSR count). The van der Waals surface area contributed by atoms with Crippen LogP contribution in [-0.4, -0.2) is 44.6 Å². The number of halogens is 1. The van der Waals surface area contributed by atoms with Crippen LogP contribution in [0.3, 0.4) is 0 Å². The Bertz CT molecular complexity index is 1010. The Morgan fingerprint density at radius 3 is 2.33 bits per heavy atom. The maximum Gasteiger partial charge on any atom is 0.301 e. The van der Waals surface area contributed by atoms with Crippen molar-refractivity contribution in [3.05, 3.63) is 62.7 Å². The molecule has 2 aromatic rings. The lowest BCUT2D eigenvalue weighted by Crippen LogP contribution is -2.29. The van der Waals surface area contributed by atoms with E-state index in [-0.39, 0.29) is 22.6 Å². The number of benzene rings is 2. The first-order chi connectivity index (χ1) is 12.6. The molecule has 144 valence electrons. The van der Waals surface area contributed by atoms with Gasteiger partial charge in [0.2, 0.25) is 0 Å². The second-order valence-corrected chi connectivity index (χ2v) is 7.85. The van der Waals surface area contributed by atoms with Gasteiger partial charge in [0.05, 0.1) is 17.1 Å². The predicted molar refractivity (Wildman–Crippen MR) is 101 cm³/mol. The number of nitro groups is 1. The molecule has 0 atom stereocenters. The molecule has 0 aliphatic heterocycles. The molecule has 0 aliphatic rings. The van der Waals surface area contributed by atoms with E-state index in [9.17, 15) is 23.3 Å². The Morgan fingerprint density at radius 1 is 1.19 bits per heavy atom. The van der Waals surface area contributed by atoms with Gasteiger partial charge < -0.3 is 4.74 Å². The quantitative estimate of drug-likeness (QED) is 0.423. The molecular weight excluding hydrogens is 398 g/mol. The maximum atomic E-state index is 12.7. The molecule has 0 heterocycles. The van der Waals surface area contributed by atoms with Crippen molar-refractivity contribution < 1.29 is 22.9 Å². The molecule has 0 fully saturated rings. The van der Waals surface area contributed by atoms with Gasteiger partial charge in [-0.25, -0.2) is 0 Å². The number of carbonyl (C=O) groups excluding carboxylic acids is 1. The van der Waals surface area contributed by atoms with Crippen molar-refractivity contribution in [2.75, 3.05) is 25.9 Å². The van der Waals surface area contributed by atoms with Crippen LogP contribution in [0.5, 0.6) is 5.75 Å². The van der Waals surface area contributed by atoms with Gasteiger partial charge in [-0.05, 0) is 30.3 Å². The summed E-state index contributed by atoms with van der Waals surface area (Å²) in [7, 11) is -0.0682. The Kier molecular flexibility index (Phi) is 6.04. The van der Waals surface area contributed by atoms with Crippen LogP contribution in [-0.2, 0) is 10.2 Å². The van der Waals surface area contributed by atoms with Crippen molar-refractivity contribution in [2.24, 2.45) is 0 Å². The van der Waals surface area contributed by atoms with Gasteiger partial charge >= 0.3 is 10.2 Å². The number of ketones is 1. The lowest BCUT2D eigenvalue weighted by molar-refractivity contribution is -0.383. The molecule has 2 aromatic carbocycles. The van der Waals surface area contributed by atoms with Gasteiger partial charge in [-0.3, -0.25) is 19.6 Å². The van der Waals surface area contributed by atoms with Gasteiger partial charge in [0.25, 0.3) is 5.69 Å². The highest BCUT2D eigenvalue weighted by molar-refractivity contribution is 7.90. The summed E-state index contributed by atoms with van der Waals surface area (Å²) in [6.45, 7) is 0. The van der Waals surface area contributed by atoms with Gasteiger partial charge in [-0.15, -0.1) is 0 Å². The highest BCUT2D eigenvalue weighted by atomic mass is 35.5. The number of hydrogen-bond donors (Lipinski definition) is 1. The lowest BCUT2D eigenvalue weighted by atomic mass is 10.0. The number of nitrogens with zero attached hydrogens (tertiary/aromatic N) is 2. The van der Waals surface area contributed by atoms with E-state index in [2.05, 4.69) is 4.72 Å². The van der Waals surface area contributed by atoms with Crippen molar-refractivity contribution in [3.63, 3.8) is 0 Å². The fourth-order valence-electron chi connectivity index (χ4n) is 2.12. The number of nitrogens with one attached hydrogen (secondary N) is 1. The molecule has 0 saturated heterocycles. The average Bonchev–Trinajstić information content (AvgIpc) is 2.60. The minimum atomic E-state index is -4.00. The first-order valence-electron chi connectivity index (χ1n) is 7.43. The minimum absolute atomic E-state index is 0.0569. The van der Waals surface area contributed by atoms with E-state index < -0.39 is 26.6 Å². The van der Waals surface area contributed by atoms with Gasteiger partial charge in [0.15, 0.2) is 5.78 Å². The highest BCUT2D eigenvalue weighted by Gasteiger charge is 2.23. The topological polar surface area (TPSA) is 119 Å². The fraction of sp³-hybridized carbons (Fsp3) is 0.188. The van der Waals surface area contributed by atoms with Crippen LogP contribution in [0.15, 0.2) is 36.4 Å². The number of carbonyl (C=O) groups is 1. The monoisotopic (exact) mass is 413 g/mol. The fourth-order valence-corrected chi connectivity index (χ4v) is 2.93. The minimum Gasteiger partial charge on any atom is -0.495 e. The van der Waals surface area contributed by atoms with E-state index in [1.54, 1.807) is 0 Å². The number of hydrogen-bond acceptors (Lipinski definition) is 6. The number of anilines is 1. The summed E-state index contributed by atoms with van der Waals surface area (Å²) in [4.78, 5) is 23.2. The van der Waals surface area contributed by atoms with Crippen molar-refractivity contribution in [1.82, 2.24) is 4.31 Å². The molecule has 0 unspecified atom stereocenters. The van der Waals surface area contributed by atoms with Crippen molar-refractivity contribution >= 4 is 39.0 Å². The summed E-state index contributed by atoms with van der Waals surface area (Å²) in [6.07, 6.45) is 0. The van der Waals surface area contributed by atoms with Gasteiger partial charge in [-0.2, -0.15) is 12.7 Å². The summed E-state index contributed by atoms with van der Waals surface area (Å²) in [5.74, 6) is -0.192. The molecule has 11 heteroatoms. The Hall–Kier alpha value is -2.69. The molecule has 0 radical (unpaired) electrons. The van der Waals surface area contributed by atoms with E-state index in [0.29, 0.717) is 5.02 Å². The normalized spacial score (nSPS) is 11.3. The summed E-state index contributed by atoms with van der Waals surface area (Å²) < 4.78 is 32.1. The third kappa shape index (κ3) is 4.54. The molecule has 0 aliphatic carbocycles. The van der Waals surface area contributed by atoms with Crippen LogP contribution < -0.4 is 9.46 Å². The van der Waals surface area contributed by atoms with Crippen LogP contribution in [0, 0.1) is 10.1 Å². The first-order valence-corrected chi connectivity index (χ1v) is 9.25. The molecule has 0 amide bonds. The highest BCUT2D eigenvalue weighted by Crippen LogP contribution is 2.30. The van der Waals surface area contributed by atoms with Crippen LogP contribution in [0.1, 0.15) is 15.9 Å². The SMILES string of the molecule is COc1cc(C(=O)c2ccc([N+](=O)[O-])c(NS(=O)(=O)N(C)C)c2)ccc1Cl. The van der Waals surface area contributed by atoms with Gasteiger partial charge in [0.1, 0.15) is 11.4 Å². The molecule has 0 bridgehead atoms. The Labute approximate surface area is 160 Å². The summed E-state index contributed by atoms with van der Waals surface area (Å²) in [5, 5.41) is 11.5. The van der Waals surface area contributed by atoms with Crippen molar-refractivity contribution in [3.8, 4) is 5.75 Å². The van der Waals surface area contributed by atoms with E-state index in [1.165, 1.54) is 45.5 Å². The third-order valence-electron chi connectivity index (χ3n) is 3.59. The number of methoxy groups -OCH3 is 1. The largest absolute Gasteiger partial charge is 0.495 e. The van der Waals surface area contributed by atoms with Crippen LogP contribution >= 0.6 is 11.6 Å². The second-order valence-electron chi connectivity index (χ2n) is 5.56. The summed E-state index contributed by atoms with van der Waals surface area (Å²) in [5.41, 5.74) is -0.515. The summed E-state index contributed by atoms with van der Waals surface area (Å²) >= 11 is 5.94. The molecular formula is C16H16ClN3O6S. The van der Waals surface area contributed by atoms with Crippen LogP contribution in [0.25, 0.3) is 0 Å². The van der Waals surface area contributed by atoms with E-state index >= 15 is 0 Å². The average molecular weight is 414 g/mol. The molecule has 0 spiro atoms. The predicted octanol–water partition coefficient (Wildman–Crippen LogP) is 2.71. The van der Waals surface area contributed by atoms with E-state index in [1.807, 2.05) is 0 Å². The molecule has 1 N–H and O–H groups in total. The van der Waals surface area contributed by atoms with Crippen molar-refractivity contribution in [2.45, 2.75) is 0 Å². The van der Waals surface area contributed by atoms with E-state index in [4.69, 9.17) is 16.3 Å². The molecule has 0 aromatic heterocycles. The smallest absolute Gasteiger partial charge is 0.301 e. The zero-order chi connectivity index (χ0) is 20.4. The number of rotatable bonds is 7. The Morgan fingerprint density at radius 2 is 1.78 bits per heavy atom. The van der Waals surface area contributed by atoms with Gasteiger partial charge in [0, 0.05) is 31.3 Å². The molecule has 9 nitrogen and oxygen atoms in total. The molecule has 27 heavy (non-hydrogen) atoms. The Balaban J connectivity index is 2.51. The molecule has 0 saturated carbocycles. The summed E-state index contributed by atoms with van der Waals surface area (Å²) in [6, 6.07) is 7.80. The van der Waals surface area contributed by atoms with E-state index in [0.717, 1.165) is 16.4 Å². The van der Waals surface area contributed by atoms with Gasteiger partial charge in [-0.1, -0.05) is 11.6 Å². The third-order valence-corrected chi connectivity index (χ3v) is 5.34. The second kappa shape index (κ2) is 7.91. The number of ether oxygens (including phenoxy) is 1. The van der Waals surface area contributed by atoms with Crippen LogP contribution in [0.2, 0.25) is 5.02 Å². The lowest BCUT2D eigenvalue weighted by Gasteiger charge is -2.14. The maximum absolute atomic E-state index is 12.7. The van der Waals surface area contributed by atoms with Crippen molar-refractivity contribution in [1.29, 1.82) is 0 Å². The zero-order valence-electron chi connectivity index (χ0n) is 14.6. The number of nitro benzene ring substituents is 1.